The number of amides is 6. The maximum absolute atomic E-state index is 12.8. The van der Waals surface area contributed by atoms with Gasteiger partial charge in [0.2, 0.25) is 5.91 Å². The van der Waals surface area contributed by atoms with E-state index in [4.69, 9.17) is 14.4 Å². The Kier molecular flexibility index (Phi) is 9.08. The minimum atomic E-state index is -1.20. The predicted molar refractivity (Wildman–Crippen MR) is 114 cm³/mol. The van der Waals surface area contributed by atoms with Crippen LogP contribution in [0.4, 0.5) is 4.79 Å². The molecule has 0 aliphatic carbocycles. The van der Waals surface area contributed by atoms with Crippen LogP contribution in [0.5, 0.6) is 0 Å². The first-order valence-corrected chi connectivity index (χ1v) is 11.0. The van der Waals surface area contributed by atoms with Gasteiger partial charge in [-0.05, 0) is 20.8 Å². The van der Waals surface area contributed by atoms with Crippen LogP contribution in [0, 0.1) is 0 Å². The van der Waals surface area contributed by atoms with Crippen LogP contribution in [0.3, 0.4) is 0 Å². The molecule has 0 spiro atoms. The van der Waals surface area contributed by atoms with E-state index in [2.05, 4.69) is 0 Å². The van der Waals surface area contributed by atoms with Gasteiger partial charge in [-0.1, -0.05) is 0 Å². The molecule has 0 radical (unpaired) electrons. The molecule has 2 heterocycles. The largest absolute Gasteiger partial charge is 0.444 e. The Morgan fingerprint density at radius 2 is 1.17 bits per heavy atom. The van der Waals surface area contributed by atoms with E-state index in [9.17, 15) is 38.4 Å². The number of hydroxylamine groups is 4. The SMILES string of the molecule is CN(CCC(=O)N(CC(=O)ON1C(=O)CCC1=O)CC(=O)ON1C(=O)CCC1=O)C(=O)OC(C)(C)C. The molecule has 2 aliphatic rings. The molecular weight excluding hydrogens is 484 g/mol. The van der Waals surface area contributed by atoms with E-state index in [1.54, 1.807) is 20.8 Å². The Balaban J connectivity index is 2.04. The highest BCUT2D eigenvalue weighted by atomic mass is 16.7. The molecule has 0 aromatic carbocycles. The summed E-state index contributed by atoms with van der Waals surface area (Å²) in [4.78, 5) is 107. The van der Waals surface area contributed by atoms with Crippen LogP contribution >= 0.6 is 0 Å². The monoisotopic (exact) mass is 512 g/mol. The van der Waals surface area contributed by atoms with Crippen LogP contribution < -0.4 is 0 Å². The molecule has 0 N–H and O–H groups in total. The van der Waals surface area contributed by atoms with Gasteiger partial charge in [-0.2, -0.15) is 0 Å². The van der Waals surface area contributed by atoms with Crippen LogP contribution in [0.15, 0.2) is 0 Å². The standard InChI is InChI=1S/C21H28N4O11/c1-21(2,3)34-20(33)22(4)10-9-13(26)23(11-18(31)35-24-14(27)5-6-15(24)28)12-19(32)36-25-16(29)7-8-17(25)30/h5-12H2,1-4H3. The normalized spacial score (nSPS) is 15.8. The second-order valence-corrected chi connectivity index (χ2v) is 8.99. The maximum atomic E-state index is 12.8. The van der Waals surface area contributed by atoms with Crippen molar-refractivity contribution < 1.29 is 52.8 Å². The summed E-state index contributed by atoms with van der Waals surface area (Å²) in [5.74, 6) is -6.17. The zero-order valence-corrected chi connectivity index (χ0v) is 20.4. The van der Waals surface area contributed by atoms with Crippen molar-refractivity contribution in [3.8, 4) is 0 Å². The van der Waals surface area contributed by atoms with E-state index in [1.165, 1.54) is 7.05 Å². The van der Waals surface area contributed by atoms with Gasteiger partial charge >= 0.3 is 18.0 Å². The molecule has 0 unspecified atom stereocenters. The number of rotatable bonds is 9. The summed E-state index contributed by atoms with van der Waals surface area (Å²) >= 11 is 0. The molecule has 36 heavy (non-hydrogen) atoms. The maximum Gasteiger partial charge on any atom is 0.410 e. The highest BCUT2D eigenvalue weighted by Gasteiger charge is 2.36. The van der Waals surface area contributed by atoms with Crippen molar-refractivity contribution >= 4 is 47.6 Å². The van der Waals surface area contributed by atoms with Gasteiger partial charge in [-0.15, -0.1) is 10.1 Å². The Morgan fingerprint density at radius 3 is 1.53 bits per heavy atom. The van der Waals surface area contributed by atoms with Gasteiger partial charge in [0.15, 0.2) is 0 Å². The van der Waals surface area contributed by atoms with Gasteiger partial charge in [0, 0.05) is 45.7 Å². The van der Waals surface area contributed by atoms with Crippen molar-refractivity contribution in [3.63, 3.8) is 0 Å². The lowest BCUT2D eigenvalue weighted by molar-refractivity contribution is -0.201. The molecule has 2 saturated heterocycles. The Morgan fingerprint density at radius 1 is 0.778 bits per heavy atom. The molecule has 0 aromatic heterocycles. The van der Waals surface area contributed by atoms with Gasteiger partial charge in [0.1, 0.15) is 18.7 Å². The topological polar surface area (TPSA) is 177 Å². The Bertz CT molecular complexity index is 887. The molecule has 0 bridgehead atoms. The van der Waals surface area contributed by atoms with Crippen molar-refractivity contribution in [3.05, 3.63) is 0 Å². The number of imide groups is 2. The second kappa shape index (κ2) is 11.6. The third-order valence-corrected chi connectivity index (χ3v) is 4.76. The molecule has 2 rings (SSSR count). The van der Waals surface area contributed by atoms with Crippen molar-refractivity contribution in [1.29, 1.82) is 0 Å². The van der Waals surface area contributed by atoms with Crippen molar-refractivity contribution in [2.75, 3.05) is 26.7 Å². The quantitative estimate of drug-likeness (QED) is 0.356. The summed E-state index contributed by atoms with van der Waals surface area (Å²) in [6.45, 7) is 3.09. The van der Waals surface area contributed by atoms with Crippen LogP contribution in [-0.4, -0.2) is 99.8 Å². The fourth-order valence-corrected chi connectivity index (χ4v) is 2.97. The summed E-state index contributed by atoms with van der Waals surface area (Å²) in [7, 11) is 1.38. The van der Waals surface area contributed by atoms with Crippen LogP contribution in [0.2, 0.25) is 0 Å². The zero-order chi connectivity index (χ0) is 27.2. The highest BCUT2D eigenvalue weighted by Crippen LogP contribution is 2.14. The first-order valence-electron chi connectivity index (χ1n) is 11.0. The van der Waals surface area contributed by atoms with Crippen molar-refractivity contribution in [2.45, 2.75) is 58.5 Å². The van der Waals surface area contributed by atoms with Crippen LogP contribution in [0.1, 0.15) is 52.9 Å². The van der Waals surface area contributed by atoms with Crippen LogP contribution in [-0.2, 0) is 48.0 Å². The zero-order valence-electron chi connectivity index (χ0n) is 20.4. The molecule has 0 aromatic rings. The molecular formula is C21H28N4O11. The number of carbonyl (C=O) groups excluding carboxylic acids is 8. The van der Waals surface area contributed by atoms with Gasteiger partial charge in [-0.25, -0.2) is 14.4 Å². The number of ether oxygens (including phenoxy) is 1. The van der Waals surface area contributed by atoms with E-state index in [0.29, 0.717) is 4.90 Å². The number of hydrogen-bond donors (Lipinski definition) is 0. The third-order valence-electron chi connectivity index (χ3n) is 4.76. The number of hydrogen-bond acceptors (Lipinski definition) is 11. The smallest absolute Gasteiger partial charge is 0.410 e. The van der Waals surface area contributed by atoms with Crippen molar-refractivity contribution in [2.24, 2.45) is 0 Å². The second-order valence-electron chi connectivity index (χ2n) is 8.99. The van der Waals surface area contributed by atoms with Gasteiger partial charge in [-0.3, -0.25) is 24.0 Å². The Labute approximate surface area is 206 Å². The predicted octanol–water partition coefficient (Wildman–Crippen LogP) is -0.714. The summed E-state index contributed by atoms with van der Waals surface area (Å²) in [6, 6.07) is 0. The van der Waals surface area contributed by atoms with Gasteiger partial charge < -0.3 is 24.2 Å². The summed E-state index contributed by atoms with van der Waals surface area (Å²) in [5, 5.41) is 0.558. The first kappa shape index (κ1) is 28.2. The number of carbonyl (C=O) groups is 8. The first-order chi connectivity index (χ1) is 16.7. The van der Waals surface area contributed by atoms with E-state index in [-0.39, 0.29) is 48.8 Å². The van der Waals surface area contributed by atoms with Crippen LogP contribution in [0.25, 0.3) is 0 Å². The molecule has 2 aliphatic heterocycles. The minimum Gasteiger partial charge on any atom is -0.444 e. The van der Waals surface area contributed by atoms with Gasteiger partial charge in [0.25, 0.3) is 23.6 Å². The van der Waals surface area contributed by atoms with Crippen molar-refractivity contribution in [1.82, 2.24) is 19.9 Å². The highest BCUT2D eigenvalue weighted by molar-refractivity contribution is 6.02. The lowest BCUT2D eigenvalue weighted by Gasteiger charge is -2.26. The molecule has 15 heteroatoms. The Hall–Kier alpha value is -4.04. The summed E-state index contributed by atoms with van der Waals surface area (Å²) < 4.78 is 5.19. The summed E-state index contributed by atoms with van der Waals surface area (Å²) in [5.41, 5.74) is -0.774. The third kappa shape index (κ3) is 8.02. The molecule has 2 fully saturated rings. The van der Waals surface area contributed by atoms with Gasteiger partial charge in [0.05, 0.1) is 0 Å². The number of nitrogens with zero attached hydrogens (tertiary/aromatic N) is 4. The fourth-order valence-electron chi connectivity index (χ4n) is 2.97. The molecule has 0 saturated carbocycles. The van der Waals surface area contributed by atoms with E-state index in [0.717, 1.165) is 4.90 Å². The lowest BCUT2D eigenvalue weighted by Crippen LogP contribution is -2.45. The minimum absolute atomic E-state index is 0.143. The fraction of sp³-hybridized carbons (Fsp3) is 0.619. The molecule has 0 atom stereocenters. The van der Waals surface area contributed by atoms with E-state index >= 15 is 0 Å². The summed E-state index contributed by atoms with van der Waals surface area (Å²) in [6.07, 6.45) is -1.64. The average molecular weight is 512 g/mol. The van der Waals surface area contributed by atoms with E-state index < -0.39 is 66.3 Å². The molecule has 6 amide bonds. The van der Waals surface area contributed by atoms with E-state index in [1.807, 2.05) is 0 Å². The molecule has 15 nitrogen and oxygen atoms in total. The lowest BCUT2D eigenvalue weighted by atomic mass is 10.2. The average Bonchev–Trinajstić information content (AvgIpc) is 3.25. The molecule has 198 valence electrons.